The van der Waals surface area contributed by atoms with Gasteiger partial charge in [-0.15, -0.1) is 0 Å². The SMILES string of the molecule is NCCCc1ncc2c(n1)CCCC2. The normalized spacial score (nSPS) is 15.2. The van der Waals surface area contributed by atoms with E-state index in [1.165, 1.54) is 24.1 Å². The van der Waals surface area contributed by atoms with Gasteiger partial charge in [0, 0.05) is 18.3 Å². The van der Waals surface area contributed by atoms with Gasteiger partial charge in [0.05, 0.1) is 0 Å². The quantitative estimate of drug-likeness (QED) is 0.782. The van der Waals surface area contributed by atoms with E-state index in [0.717, 1.165) is 38.1 Å². The zero-order chi connectivity index (χ0) is 9.80. The van der Waals surface area contributed by atoms with Crippen LogP contribution in [0.25, 0.3) is 0 Å². The first kappa shape index (κ1) is 9.59. The molecule has 0 aromatic carbocycles. The van der Waals surface area contributed by atoms with E-state index in [1.807, 2.05) is 6.20 Å². The molecule has 3 nitrogen and oxygen atoms in total. The van der Waals surface area contributed by atoms with Gasteiger partial charge in [0.15, 0.2) is 0 Å². The van der Waals surface area contributed by atoms with Gasteiger partial charge in [-0.3, -0.25) is 0 Å². The summed E-state index contributed by atoms with van der Waals surface area (Å²) in [4.78, 5) is 8.95. The van der Waals surface area contributed by atoms with Gasteiger partial charge >= 0.3 is 0 Å². The lowest BCUT2D eigenvalue weighted by Crippen LogP contribution is -2.10. The van der Waals surface area contributed by atoms with Crippen LogP contribution in [0.15, 0.2) is 6.20 Å². The van der Waals surface area contributed by atoms with Crippen molar-refractivity contribution in [3.8, 4) is 0 Å². The van der Waals surface area contributed by atoms with Crippen molar-refractivity contribution in [2.24, 2.45) is 5.73 Å². The van der Waals surface area contributed by atoms with Crippen molar-refractivity contribution in [3.05, 3.63) is 23.3 Å². The lowest BCUT2D eigenvalue weighted by atomic mass is 9.97. The highest BCUT2D eigenvalue weighted by atomic mass is 14.9. The van der Waals surface area contributed by atoms with Crippen LogP contribution in [-0.4, -0.2) is 16.5 Å². The summed E-state index contributed by atoms with van der Waals surface area (Å²) in [7, 11) is 0. The minimum absolute atomic E-state index is 0.723. The van der Waals surface area contributed by atoms with E-state index in [4.69, 9.17) is 5.73 Å². The van der Waals surface area contributed by atoms with Crippen LogP contribution in [0.2, 0.25) is 0 Å². The summed E-state index contributed by atoms with van der Waals surface area (Å²) in [6, 6.07) is 0. The molecule has 1 aromatic heterocycles. The molecule has 0 bridgehead atoms. The van der Waals surface area contributed by atoms with Gasteiger partial charge in [0.2, 0.25) is 0 Å². The summed E-state index contributed by atoms with van der Waals surface area (Å²) in [6.45, 7) is 0.723. The van der Waals surface area contributed by atoms with Gasteiger partial charge in [-0.25, -0.2) is 9.97 Å². The van der Waals surface area contributed by atoms with Crippen LogP contribution >= 0.6 is 0 Å². The van der Waals surface area contributed by atoms with Crippen LogP contribution in [0.1, 0.15) is 36.3 Å². The van der Waals surface area contributed by atoms with Crippen molar-refractivity contribution < 1.29 is 0 Å². The number of rotatable bonds is 3. The second-order valence-corrected chi connectivity index (χ2v) is 3.86. The standard InChI is InChI=1S/C11H17N3/c12-7-3-6-11-13-8-9-4-1-2-5-10(9)14-11/h8H,1-7,12H2. The Kier molecular flexibility index (Phi) is 3.09. The van der Waals surface area contributed by atoms with Crippen molar-refractivity contribution in [2.45, 2.75) is 38.5 Å². The monoisotopic (exact) mass is 191 g/mol. The smallest absolute Gasteiger partial charge is 0.128 e. The van der Waals surface area contributed by atoms with Gasteiger partial charge in [0.1, 0.15) is 5.82 Å². The lowest BCUT2D eigenvalue weighted by Gasteiger charge is -2.14. The highest BCUT2D eigenvalue weighted by Crippen LogP contribution is 2.18. The number of nitrogens with two attached hydrogens (primary N) is 1. The number of aromatic nitrogens is 2. The Morgan fingerprint density at radius 3 is 3.00 bits per heavy atom. The molecule has 0 unspecified atom stereocenters. The van der Waals surface area contributed by atoms with Crippen molar-refractivity contribution in [1.29, 1.82) is 0 Å². The van der Waals surface area contributed by atoms with E-state index in [9.17, 15) is 0 Å². The maximum Gasteiger partial charge on any atom is 0.128 e. The molecule has 0 saturated heterocycles. The van der Waals surface area contributed by atoms with E-state index in [0.29, 0.717) is 0 Å². The number of nitrogens with zero attached hydrogens (tertiary/aromatic N) is 2. The number of hydrogen-bond acceptors (Lipinski definition) is 3. The molecule has 0 aliphatic heterocycles. The first-order chi connectivity index (χ1) is 6.90. The summed E-state index contributed by atoms with van der Waals surface area (Å²) >= 11 is 0. The molecule has 0 radical (unpaired) electrons. The molecule has 1 aliphatic rings. The fraction of sp³-hybridized carbons (Fsp3) is 0.636. The Balaban J connectivity index is 2.12. The second-order valence-electron chi connectivity index (χ2n) is 3.86. The molecule has 76 valence electrons. The van der Waals surface area contributed by atoms with E-state index in [-0.39, 0.29) is 0 Å². The minimum atomic E-state index is 0.723. The molecule has 0 amide bonds. The molecule has 0 fully saturated rings. The Morgan fingerprint density at radius 1 is 1.29 bits per heavy atom. The highest BCUT2D eigenvalue weighted by molar-refractivity contribution is 5.20. The van der Waals surface area contributed by atoms with Crippen molar-refractivity contribution in [3.63, 3.8) is 0 Å². The summed E-state index contributed by atoms with van der Waals surface area (Å²) in [5.41, 5.74) is 8.09. The zero-order valence-electron chi connectivity index (χ0n) is 8.50. The molecule has 0 spiro atoms. The topological polar surface area (TPSA) is 51.8 Å². The lowest BCUT2D eigenvalue weighted by molar-refractivity contribution is 0.649. The van der Waals surface area contributed by atoms with E-state index in [1.54, 1.807) is 0 Å². The molecule has 2 rings (SSSR count). The first-order valence-electron chi connectivity index (χ1n) is 5.44. The van der Waals surface area contributed by atoms with E-state index < -0.39 is 0 Å². The maximum absolute atomic E-state index is 5.46. The average Bonchev–Trinajstić information content (AvgIpc) is 2.26. The number of hydrogen-bond donors (Lipinski definition) is 1. The van der Waals surface area contributed by atoms with Crippen LogP contribution in [0.4, 0.5) is 0 Å². The number of fused-ring (bicyclic) bond motifs is 1. The highest BCUT2D eigenvalue weighted by Gasteiger charge is 2.11. The van der Waals surface area contributed by atoms with E-state index >= 15 is 0 Å². The van der Waals surface area contributed by atoms with Crippen LogP contribution in [0.5, 0.6) is 0 Å². The largest absolute Gasteiger partial charge is 0.330 e. The first-order valence-corrected chi connectivity index (χ1v) is 5.44. The van der Waals surface area contributed by atoms with Crippen LogP contribution < -0.4 is 5.73 Å². The van der Waals surface area contributed by atoms with Gasteiger partial charge in [0.25, 0.3) is 0 Å². The predicted octanol–water partition coefficient (Wildman–Crippen LogP) is 1.25. The van der Waals surface area contributed by atoms with Crippen LogP contribution in [-0.2, 0) is 19.3 Å². The third-order valence-electron chi connectivity index (χ3n) is 2.72. The van der Waals surface area contributed by atoms with Crippen LogP contribution in [0.3, 0.4) is 0 Å². The fourth-order valence-electron chi connectivity index (χ4n) is 1.90. The van der Waals surface area contributed by atoms with Crippen molar-refractivity contribution in [1.82, 2.24) is 9.97 Å². The molecule has 0 atom stereocenters. The summed E-state index contributed by atoms with van der Waals surface area (Å²) in [5, 5.41) is 0. The Bertz CT molecular complexity index is 309. The molecule has 1 heterocycles. The van der Waals surface area contributed by atoms with Crippen molar-refractivity contribution in [2.75, 3.05) is 6.54 Å². The van der Waals surface area contributed by atoms with Gasteiger partial charge in [-0.05, 0) is 44.2 Å². The third kappa shape index (κ3) is 2.10. The van der Waals surface area contributed by atoms with E-state index in [2.05, 4.69) is 9.97 Å². The molecule has 1 aromatic rings. The number of aryl methyl sites for hydroxylation is 3. The molecule has 14 heavy (non-hydrogen) atoms. The summed E-state index contributed by atoms with van der Waals surface area (Å²) in [6.07, 6.45) is 8.77. The molecular formula is C11H17N3. The molecule has 3 heteroatoms. The molecule has 0 saturated carbocycles. The summed E-state index contributed by atoms with van der Waals surface area (Å²) < 4.78 is 0. The van der Waals surface area contributed by atoms with Gasteiger partial charge in [-0.2, -0.15) is 0 Å². The molecular weight excluding hydrogens is 174 g/mol. The Morgan fingerprint density at radius 2 is 2.14 bits per heavy atom. The minimum Gasteiger partial charge on any atom is -0.330 e. The van der Waals surface area contributed by atoms with Gasteiger partial charge in [-0.1, -0.05) is 0 Å². The predicted molar refractivity (Wildman–Crippen MR) is 56.0 cm³/mol. The van der Waals surface area contributed by atoms with Gasteiger partial charge < -0.3 is 5.73 Å². The summed E-state index contributed by atoms with van der Waals surface area (Å²) in [5.74, 6) is 0.969. The van der Waals surface area contributed by atoms with Crippen LogP contribution in [0, 0.1) is 0 Å². The molecule has 1 aliphatic carbocycles. The van der Waals surface area contributed by atoms with Crippen molar-refractivity contribution >= 4 is 0 Å². The maximum atomic E-state index is 5.46. The molecule has 2 N–H and O–H groups in total. The zero-order valence-corrected chi connectivity index (χ0v) is 8.50. The fourth-order valence-corrected chi connectivity index (χ4v) is 1.90. The third-order valence-corrected chi connectivity index (χ3v) is 2.72. The second kappa shape index (κ2) is 4.51. The Labute approximate surface area is 84.8 Å². The average molecular weight is 191 g/mol. The Hall–Kier alpha value is -0.960.